The van der Waals surface area contributed by atoms with Gasteiger partial charge < -0.3 is 9.67 Å². The van der Waals surface area contributed by atoms with Gasteiger partial charge in [-0.15, -0.1) is 0 Å². The number of nitrogens with zero attached hydrogens (tertiary/aromatic N) is 1. The number of benzene rings is 1. The van der Waals surface area contributed by atoms with Gasteiger partial charge in [0.05, 0.1) is 12.1 Å². The molecule has 0 atom stereocenters. The summed E-state index contributed by atoms with van der Waals surface area (Å²) in [5.41, 5.74) is 2.40. The number of carbonyl (C=O) groups is 1. The van der Waals surface area contributed by atoms with E-state index in [4.69, 9.17) is 5.11 Å². The summed E-state index contributed by atoms with van der Waals surface area (Å²) in [6.45, 7) is 3.20. The van der Waals surface area contributed by atoms with Crippen LogP contribution < -0.4 is 0 Å². The van der Waals surface area contributed by atoms with Crippen LogP contribution in [0.1, 0.15) is 21.6 Å². The van der Waals surface area contributed by atoms with Gasteiger partial charge in [0.15, 0.2) is 0 Å². The fourth-order valence-electron chi connectivity index (χ4n) is 2.16. The first-order valence-corrected chi connectivity index (χ1v) is 5.52. The SMILES string of the molecule is Cc1c(C)n(CC(F)F)c2ccc(C(=O)O)cc12. The lowest BCUT2D eigenvalue weighted by atomic mass is 10.1. The quantitative estimate of drug-likeness (QED) is 0.912. The first kappa shape index (κ1) is 12.5. The van der Waals surface area contributed by atoms with E-state index in [1.165, 1.54) is 16.7 Å². The van der Waals surface area contributed by atoms with E-state index in [0.29, 0.717) is 10.9 Å². The van der Waals surface area contributed by atoms with Crippen LogP contribution >= 0.6 is 0 Å². The van der Waals surface area contributed by atoms with Crippen LogP contribution in [0.3, 0.4) is 0 Å². The highest BCUT2D eigenvalue weighted by Gasteiger charge is 2.15. The number of halogens is 2. The van der Waals surface area contributed by atoms with Crippen molar-refractivity contribution in [2.75, 3.05) is 0 Å². The number of aryl methyl sites for hydroxylation is 1. The molecule has 0 aliphatic heterocycles. The summed E-state index contributed by atoms with van der Waals surface area (Å²) >= 11 is 0. The van der Waals surface area contributed by atoms with Crippen molar-refractivity contribution in [3.8, 4) is 0 Å². The maximum atomic E-state index is 12.5. The van der Waals surface area contributed by atoms with Crippen molar-refractivity contribution in [1.29, 1.82) is 0 Å². The Morgan fingerprint density at radius 3 is 2.61 bits per heavy atom. The van der Waals surface area contributed by atoms with Gasteiger partial charge in [0.25, 0.3) is 6.43 Å². The maximum absolute atomic E-state index is 12.5. The number of hydrogen-bond acceptors (Lipinski definition) is 1. The third kappa shape index (κ3) is 1.96. The number of hydrogen-bond donors (Lipinski definition) is 1. The highest BCUT2D eigenvalue weighted by atomic mass is 19.3. The van der Waals surface area contributed by atoms with Gasteiger partial charge in [0, 0.05) is 16.6 Å². The number of carboxylic acids is 1. The van der Waals surface area contributed by atoms with Crippen molar-refractivity contribution in [3.05, 3.63) is 35.0 Å². The molecule has 2 rings (SSSR count). The second-order valence-corrected chi connectivity index (χ2v) is 4.25. The summed E-state index contributed by atoms with van der Waals surface area (Å²) in [6, 6.07) is 4.55. The molecule has 1 aromatic carbocycles. The number of alkyl halides is 2. The summed E-state index contributed by atoms with van der Waals surface area (Å²) in [6.07, 6.45) is -2.43. The van der Waals surface area contributed by atoms with E-state index in [9.17, 15) is 13.6 Å². The Hall–Kier alpha value is -1.91. The zero-order valence-electron chi connectivity index (χ0n) is 10.1. The Morgan fingerprint density at radius 1 is 1.39 bits per heavy atom. The van der Waals surface area contributed by atoms with E-state index in [1.54, 1.807) is 13.0 Å². The molecule has 2 aromatic rings. The summed E-state index contributed by atoms with van der Waals surface area (Å²) in [7, 11) is 0. The molecular weight excluding hydrogens is 240 g/mol. The molecule has 3 nitrogen and oxygen atoms in total. The van der Waals surface area contributed by atoms with Crippen LogP contribution in [-0.4, -0.2) is 22.1 Å². The van der Waals surface area contributed by atoms with Crippen LogP contribution in [0, 0.1) is 13.8 Å². The molecule has 0 unspecified atom stereocenters. The van der Waals surface area contributed by atoms with Crippen molar-refractivity contribution >= 4 is 16.9 Å². The third-order valence-corrected chi connectivity index (χ3v) is 3.21. The lowest BCUT2D eigenvalue weighted by Crippen LogP contribution is -2.08. The number of rotatable bonds is 3. The largest absolute Gasteiger partial charge is 0.478 e. The predicted octanol–water partition coefficient (Wildman–Crippen LogP) is 3.22. The van der Waals surface area contributed by atoms with Crippen LogP contribution in [0.5, 0.6) is 0 Å². The lowest BCUT2D eigenvalue weighted by molar-refractivity contribution is 0.0697. The molecule has 1 heterocycles. The smallest absolute Gasteiger partial charge is 0.335 e. The Kier molecular flexibility index (Phi) is 3.07. The van der Waals surface area contributed by atoms with Gasteiger partial charge in [-0.1, -0.05) is 0 Å². The van der Waals surface area contributed by atoms with Gasteiger partial charge in [-0.3, -0.25) is 0 Å². The molecule has 18 heavy (non-hydrogen) atoms. The molecule has 0 saturated carbocycles. The van der Waals surface area contributed by atoms with E-state index in [2.05, 4.69) is 0 Å². The van der Waals surface area contributed by atoms with Crippen molar-refractivity contribution in [3.63, 3.8) is 0 Å². The lowest BCUT2D eigenvalue weighted by Gasteiger charge is -2.07. The molecule has 96 valence electrons. The zero-order valence-corrected chi connectivity index (χ0v) is 10.1. The standard InChI is InChI=1S/C13H13F2NO2/c1-7-8(2)16(6-12(14)15)11-4-3-9(13(17)18)5-10(7)11/h3-5,12H,6H2,1-2H3,(H,17,18). The third-order valence-electron chi connectivity index (χ3n) is 3.21. The molecule has 0 aliphatic rings. The Morgan fingerprint density at radius 2 is 2.06 bits per heavy atom. The van der Waals surface area contributed by atoms with Crippen LogP contribution in [0.25, 0.3) is 10.9 Å². The van der Waals surface area contributed by atoms with E-state index in [1.807, 2.05) is 6.92 Å². The maximum Gasteiger partial charge on any atom is 0.335 e. The minimum Gasteiger partial charge on any atom is -0.478 e. The van der Waals surface area contributed by atoms with E-state index < -0.39 is 12.4 Å². The second-order valence-electron chi connectivity index (χ2n) is 4.25. The minimum atomic E-state index is -2.43. The van der Waals surface area contributed by atoms with Gasteiger partial charge in [-0.05, 0) is 37.6 Å². The molecule has 0 bridgehead atoms. The second kappa shape index (κ2) is 4.40. The van der Waals surface area contributed by atoms with Gasteiger partial charge in [0.2, 0.25) is 0 Å². The monoisotopic (exact) mass is 253 g/mol. The van der Waals surface area contributed by atoms with Crippen LogP contribution in [0.2, 0.25) is 0 Å². The molecule has 1 aromatic heterocycles. The molecule has 0 spiro atoms. The van der Waals surface area contributed by atoms with Crippen molar-refractivity contribution in [2.24, 2.45) is 0 Å². The average molecular weight is 253 g/mol. The topological polar surface area (TPSA) is 42.2 Å². The van der Waals surface area contributed by atoms with Crippen molar-refractivity contribution in [1.82, 2.24) is 4.57 Å². The number of aromatic nitrogens is 1. The first-order valence-electron chi connectivity index (χ1n) is 5.52. The molecule has 0 aliphatic carbocycles. The zero-order chi connectivity index (χ0) is 13.4. The fourth-order valence-corrected chi connectivity index (χ4v) is 2.16. The molecule has 0 fully saturated rings. The predicted molar refractivity (Wildman–Crippen MR) is 64.4 cm³/mol. The summed E-state index contributed by atoms with van der Waals surface area (Å²) in [5, 5.41) is 9.65. The fraction of sp³-hybridized carbons (Fsp3) is 0.308. The molecular formula is C13H13F2NO2. The molecule has 1 N–H and O–H groups in total. The van der Waals surface area contributed by atoms with Crippen molar-refractivity contribution in [2.45, 2.75) is 26.8 Å². The van der Waals surface area contributed by atoms with Gasteiger partial charge in [-0.25, -0.2) is 13.6 Å². The number of carboxylic acid groups (broad SMARTS) is 1. The minimum absolute atomic E-state index is 0.166. The van der Waals surface area contributed by atoms with Crippen LogP contribution in [-0.2, 0) is 6.54 Å². The molecule has 5 heteroatoms. The molecule has 0 amide bonds. The highest BCUT2D eigenvalue weighted by molar-refractivity contribution is 5.95. The highest BCUT2D eigenvalue weighted by Crippen LogP contribution is 2.27. The summed E-state index contributed by atoms with van der Waals surface area (Å²) in [5.74, 6) is -1.02. The van der Waals surface area contributed by atoms with Gasteiger partial charge in [-0.2, -0.15) is 0 Å². The first-order chi connectivity index (χ1) is 8.41. The van der Waals surface area contributed by atoms with Gasteiger partial charge >= 0.3 is 5.97 Å². The molecule has 0 saturated heterocycles. The Balaban J connectivity index is 2.67. The van der Waals surface area contributed by atoms with Crippen LogP contribution in [0.4, 0.5) is 8.78 Å². The Labute approximate surface area is 103 Å². The van der Waals surface area contributed by atoms with E-state index >= 15 is 0 Å². The van der Waals surface area contributed by atoms with E-state index in [0.717, 1.165) is 11.3 Å². The van der Waals surface area contributed by atoms with Gasteiger partial charge in [0.1, 0.15) is 0 Å². The normalized spacial score (nSPS) is 11.4. The van der Waals surface area contributed by atoms with Crippen LogP contribution in [0.15, 0.2) is 18.2 Å². The Bertz CT molecular complexity index is 617. The summed E-state index contributed by atoms with van der Waals surface area (Å²) < 4.78 is 26.6. The average Bonchev–Trinajstić information content (AvgIpc) is 2.54. The van der Waals surface area contributed by atoms with E-state index in [-0.39, 0.29) is 12.1 Å². The number of fused-ring (bicyclic) bond motifs is 1. The summed E-state index contributed by atoms with van der Waals surface area (Å²) in [4.78, 5) is 10.9. The number of aromatic carboxylic acids is 1. The molecule has 0 radical (unpaired) electrons. The van der Waals surface area contributed by atoms with Crippen molar-refractivity contribution < 1.29 is 18.7 Å².